The summed E-state index contributed by atoms with van der Waals surface area (Å²) in [5.41, 5.74) is 7.45. The van der Waals surface area contributed by atoms with E-state index in [1.807, 2.05) is 30.3 Å². The van der Waals surface area contributed by atoms with Crippen molar-refractivity contribution in [3.63, 3.8) is 0 Å². The van der Waals surface area contributed by atoms with Gasteiger partial charge in [-0.3, -0.25) is 19.2 Å². The van der Waals surface area contributed by atoms with E-state index >= 15 is 0 Å². The molecule has 0 radical (unpaired) electrons. The maximum Gasteiger partial charge on any atom is 0.323 e. The van der Waals surface area contributed by atoms with E-state index in [0.717, 1.165) is 44.1 Å². The van der Waals surface area contributed by atoms with Crippen molar-refractivity contribution in [2.45, 2.75) is 64.2 Å². The highest BCUT2D eigenvalue weighted by Gasteiger charge is 2.55. The molecular weight excluding hydrogens is 624 g/mol. The fraction of sp³-hybridized carbons (Fsp3) is 0.436. The summed E-state index contributed by atoms with van der Waals surface area (Å²) in [7, 11) is 0. The summed E-state index contributed by atoms with van der Waals surface area (Å²) in [4.78, 5) is 53.3. The van der Waals surface area contributed by atoms with Gasteiger partial charge in [0.2, 0.25) is 0 Å². The van der Waals surface area contributed by atoms with Gasteiger partial charge in [0.05, 0.1) is 17.9 Å². The van der Waals surface area contributed by atoms with Gasteiger partial charge in [-0.1, -0.05) is 48.5 Å². The topological polar surface area (TPSA) is 154 Å². The molecule has 10 nitrogen and oxygen atoms in total. The van der Waals surface area contributed by atoms with Gasteiger partial charge in [0, 0.05) is 16.8 Å². The third-order valence-corrected chi connectivity index (χ3v) is 10.3. The van der Waals surface area contributed by atoms with E-state index in [1.54, 1.807) is 43.3 Å². The average molecular weight is 669 g/mol. The minimum absolute atomic E-state index is 0.0323. The maximum absolute atomic E-state index is 13.9. The van der Waals surface area contributed by atoms with E-state index in [4.69, 9.17) is 19.9 Å². The molecule has 0 spiro atoms. The lowest BCUT2D eigenvalue weighted by atomic mass is 9.49. The van der Waals surface area contributed by atoms with Crippen LogP contribution in [0.2, 0.25) is 0 Å². The Kier molecular flexibility index (Phi) is 10.5. The number of aliphatic hydroxyl groups excluding tert-OH is 1. The quantitative estimate of drug-likeness (QED) is 0.153. The molecule has 7 rings (SSSR count). The standard InChI is InChI=1S/C39H44N2O8/c1-2-47-37(45)34(40)33(32(42)23-49-38(46)39-19-25-14-26(20-39)16-27(15-25)21-39)35(43)28-10-6-12-30(17-28)41-36(44)29-11-7-13-31(18-29)48-22-24-8-4-3-5-9-24/h3-13,17-18,25-27,32-34,42H,2,14-16,19-23,40H2,1H3,(H,41,44)/t25?,26?,27?,32-,33+,34?,39?/m1/s1. The first-order valence-corrected chi connectivity index (χ1v) is 17.1. The van der Waals surface area contributed by atoms with Gasteiger partial charge in [-0.15, -0.1) is 0 Å². The number of Topliss-reactive ketones (excluding diaryl/α,β-unsaturated/α-hetero) is 1. The van der Waals surface area contributed by atoms with Gasteiger partial charge in [0.1, 0.15) is 31.1 Å². The largest absolute Gasteiger partial charge is 0.489 e. The normalized spacial score (nSPS) is 23.9. The van der Waals surface area contributed by atoms with Crippen LogP contribution >= 0.6 is 0 Å². The first kappa shape index (κ1) is 34.3. The zero-order valence-corrected chi connectivity index (χ0v) is 27.7. The van der Waals surface area contributed by atoms with Gasteiger partial charge < -0.3 is 30.4 Å². The number of carbonyl (C=O) groups excluding carboxylic acids is 4. The molecule has 1 unspecified atom stereocenters. The number of nitrogens with two attached hydrogens (primary N) is 1. The number of amides is 1. The molecule has 0 aliphatic heterocycles. The Morgan fingerprint density at radius 3 is 2.18 bits per heavy atom. The van der Waals surface area contributed by atoms with Crippen LogP contribution in [0.3, 0.4) is 0 Å². The average Bonchev–Trinajstić information content (AvgIpc) is 3.10. The molecule has 10 heteroatoms. The zero-order valence-electron chi connectivity index (χ0n) is 27.7. The van der Waals surface area contributed by atoms with Crippen LogP contribution in [0.25, 0.3) is 0 Å². The Morgan fingerprint density at radius 1 is 0.857 bits per heavy atom. The number of hydrogen-bond acceptors (Lipinski definition) is 9. The lowest BCUT2D eigenvalue weighted by molar-refractivity contribution is -0.175. The molecule has 4 N–H and O–H groups in total. The minimum Gasteiger partial charge on any atom is -0.489 e. The van der Waals surface area contributed by atoms with Crippen molar-refractivity contribution < 1.29 is 38.5 Å². The van der Waals surface area contributed by atoms with Crippen molar-refractivity contribution in [2.24, 2.45) is 34.8 Å². The molecule has 258 valence electrons. The van der Waals surface area contributed by atoms with Crippen LogP contribution in [0, 0.1) is 29.1 Å². The third-order valence-electron chi connectivity index (χ3n) is 10.3. The Balaban J connectivity index is 1.13. The summed E-state index contributed by atoms with van der Waals surface area (Å²) < 4.78 is 16.7. The van der Waals surface area contributed by atoms with Crippen molar-refractivity contribution in [2.75, 3.05) is 18.5 Å². The lowest BCUT2D eigenvalue weighted by Gasteiger charge is -2.55. The highest BCUT2D eigenvalue weighted by atomic mass is 16.5. The molecule has 3 aromatic carbocycles. The number of ether oxygens (including phenoxy) is 3. The second kappa shape index (κ2) is 14.9. The molecule has 49 heavy (non-hydrogen) atoms. The second-order valence-corrected chi connectivity index (χ2v) is 13.9. The minimum atomic E-state index is -1.57. The first-order chi connectivity index (χ1) is 23.6. The van der Waals surface area contributed by atoms with Crippen LogP contribution in [0.15, 0.2) is 78.9 Å². The molecule has 4 fully saturated rings. The zero-order chi connectivity index (χ0) is 34.5. The SMILES string of the molecule is CCOC(=O)C(N)[C@@H](C(=O)c1cccc(NC(=O)c2cccc(OCc3ccccc3)c2)c1)[C@H](O)COC(=O)C12CC3CC(CC(C3)C1)C2. The summed E-state index contributed by atoms with van der Waals surface area (Å²) in [6.07, 6.45) is 4.30. The molecule has 3 aromatic rings. The van der Waals surface area contributed by atoms with Gasteiger partial charge >= 0.3 is 11.9 Å². The van der Waals surface area contributed by atoms with E-state index in [-0.39, 0.29) is 18.1 Å². The molecule has 4 bridgehead atoms. The van der Waals surface area contributed by atoms with Gasteiger partial charge in [0.15, 0.2) is 5.78 Å². The summed E-state index contributed by atoms with van der Waals surface area (Å²) >= 11 is 0. The summed E-state index contributed by atoms with van der Waals surface area (Å²) in [6, 6.07) is 21.1. The number of anilines is 1. The molecule has 0 heterocycles. The van der Waals surface area contributed by atoms with Crippen LogP contribution in [-0.2, 0) is 25.7 Å². The molecule has 1 amide bonds. The fourth-order valence-electron chi connectivity index (χ4n) is 8.35. The third kappa shape index (κ3) is 7.86. The van der Waals surface area contributed by atoms with Gasteiger partial charge in [-0.05, 0) is 99.1 Å². The smallest absolute Gasteiger partial charge is 0.323 e. The van der Waals surface area contributed by atoms with Crippen LogP contribution in [-0.4, -0.2) is 54.1 Å². The van der Waals surface area contributed by atoms with Crippen molar-refractivity contribution in [1.82, 2.24) is 0 Å². The van der Waals surface area contributed by atoms with Crippen molar-refractivity contribution >= 4 is 29.3 Å². The van der Waals surface area contributed by atoms with Crippen LogP contribution in [0.5, 0.6) is 5.75 Å². The molecule has 3 atom stereocenters. The highest BCUT2D eigenvalue weighted by Crippen LogP contribution is 2.60. The molecule has 4 aliphatic carbocycles. The number of hydrogen-bond donors (Lipinski definition) is 3. The van der Waals surface area contributed by atoms with Crippen LogP contribution < -0.4 is 15.8 Å². The molecular formula is C39H44N2O8. The van der Waals surface area contributed by atoms with Crippen molar-refractivity contribution in [1.29, 1.82) is 0 Å². The van der Waals surface area contributed by atoms with Crippen LogP contribution in [0.4, 0.5) is 5.69 Å². The van der Waals surface area contributed by atoms with E-state index in [1.165, 1.54) is 12.1 Å². The Hall–Kier alpha value is -4.54. The predicted molar refractivity (Wildman–Crippen MR) is 182 cm³/mol. The number of nitrogens with one attached hydrogen (secondary N) is 1. The number of aliphatic hydroxyl groups is 1. The monoisotopic (exact) mass is 668 g/mol. The summed E-state index contributed by atoms with van der Waals surface area (Å²) in [5.74, 6) is -1.63. The number of rotatable bonds is 14. The van der Waals surface area contributed by atoms with Gasteiger partial charge in [-0.25, -0.2) is 0 Å². The number of esters is 2. The summed E-state index contributed by atoms with van der Waals surface area (Å²) in [6.45, 7) is 1.51. The first-order valence-electron chi connectivity index (χ1n) is 17.1. The molecule has 4 saturated carbocycles. The Bertz CT molecular complexity index is 1640. The molecule has 4 aliphatic rings. The maximum atomic E-state index is 13.9. The van der Waals surface area contributed by atoms with E-state index in [0.29, 0.717) is 41.4 Å². The van der Waals surface area contributed by atoms with E-state index in [9.17, 15) is 24.3 Å². The van der Waals surface area contributed by atoms with Gasteiger partial charge in [0.25, 0.3) is 5.91 Å². The Labute approximate surface area is 286 Å². The number of ketones is 1. The van der Waals surface area contributed by atoms with Gasteiger partial charge in [-0.2, -0.15) is 0 Å². The Morgan fingerprint density at radius 2 is 1.51 bits per heavy atom. The highest BCUT2D eigenvalue weighted by molar-refractivity contribution is 6.06. The predicted octanol–water partition coefficient (Wildman–Crippen LogP) is 5.33. The molecule has 0 saturated heterocycles. The fourth-order valence-corrected chi connectivity index (χ4v) is 8.35. The van der Waals surface area contributed by atoms with E-state index in [2.05, 4.69) is 5.32 Å². The second-order valence-electron chi connectivity index (χ2n) is 13.9. The van der Waals surface area contributed by atoms with Crippen molar-refractivity contribution in [3.05, 3.63) is 95.6 Å². The number of benzene rings is 3. The van der Waals surface area contributed by atoms with Crippen molar-refractivity contribution in [3.8, 4) is 5.75 Å². The van der Waals surface area contributed by atoms with E-state index < -0.39 is 47.7 Å². The lowest BCUT2D eigenvalue weighted by Crippen LogP contribution is -2.52. The van der Waals surface area contributed by atoms with Crippen LogP contribution in [0.1, 0.15) is 71.7 Å². The summed E-state index contributed by atoms with van der Waals surface area (Å²) in [5, 5.41) is 14.1. The number of carbonyl (C=O) groups is 4. The molecule has 0 aromatic heterocycles.